The minimum absolute atomic E-state index is 0.495. The van der Waals surface area contributed by atoms with Gasteiger partial charge in [0.05, 0.1) is 31.5 Å². The summed E-state index contributed by atoms with van der Waals surface area (Å²) in [5.41, 5.74) is 3.83. The third kappa shape index (κ3) is 4.24. The van der Waals surface area contributed by atoms with Crippen LogP contribution in [0.15, 0.2) is 12.1 Å². The van der Waals surface area contributed by atoms with Gasteiger partial charge in [0.25, 0.3) is 0 Å². The molecule has 5 nitrogen and oxygen atoms in total. The van der Waals surface area contributed by atoms with Crippen LogP contribution >= 0.6 is 11.6 Å². The van der Waals surface area contributed by atoms with E-state index in [0.717, 1.165) is 12.0 Å². The van der Waals surface area contributed by atoms with Gasteiger partial charge in [-0.2, -0.15) is 5.48 Å². The number of methoxy groups -OCH3 is 1. The second-order valence-electron chi connectivity index (χ2n) is 4.12. The maximum absolute atomic E-state index is 6.19. The van der Waals surface area contributed by atoms with Crippen molar-refractivity contribution in [2.75, 3.05) is 33.5 Å². The zero-order valence-corrected chi connectivity index (χ0v) is 11.7. The van der Waals surface area contributed by atoms with Crippen LogP contribution in [-0.4, -0.2) is 33.5 Å². The van der Waals surface area contributed by atoms with Gasteiger partial charge < -0.3 is 14.2 Å². The van der Waals surface area contributed by atoms with Gasteiger partial charge in [-0.1, -0.05) is 11.6 Å². The number of halogens is 1. The van der Waals surface area contributed by atoms with Gasteiger partial charge in [-0.25, -0.2) is 0 Å². The van der Waals surface area contributed by atoms with Crippen LogP contribution in [0, 0.1) is 0 Å². The van der Waals surface area contributed by atoms with Crippen molar-refractivity contribution in [1.82, 2.24) is 5.48 Å². The predicted molar refractivity (Wildman–Crippen MR) is 71.7 cm³/mol. The number of rotatable bonds is 6. The Kier molecular flexibility index (Phi) is 5.72. The minimum atomic E-state index is 0.495. The normalized spacial score (nSPS) is 14.2. The molecule has 1 aliphatic heterocycles. The molecule has 1 aliphatic rings. The zero-order chi connectivity index (χ0) is 13.5. The molecule has 0 bridgehead atoms. The van der Waals surface area contributed by atoms with Crippen molar-refractivity contribution in [3.63, 3.8) is 0 Å². The van der Waals surface area contributed by atoms with Gasteiger partial charge in [0.15, 0.2) is 11.5 Å². The number of hydrogen-bond donors (Lipinski definition) is 1. The van der Waals surface area contributed by atoms with Crippen molar-refractivity contribution in [3.05, 3.63) is 22.7 Å². The highest BCUT2D eigenvalue weighted by molar-refractivity contribution is 6.32. The molecule has 19 heavy (non-hydrogen) atoms. The second kappa shape index (κ2) is 7.55. The molecule has 0 fully saturated rings. The summed E-state index contributed by atoms with van der Waals surface area (Å²) in [5.74, 6) is 1.32. The van der Waals surface area contributed by atoms with E-state index in [1.807, 2.05) is 12.1 Å². The molecule has 2 rings (SSSR count). The molecule has 106 valence electrons. The summed E-state index contributed by atoms with van der Waals surface area (Å²) in [4.78, 5) is 5.20. The lowest BCUT2D eigenvalue weighted by atomic mass is 10.2. The number of fused-ring (bicyclic) bond motifs is 1. The monoisotopic (exact) mass is 287 g/mol. The van der Waals surface area contributed by atoms with Crippen molar-refractivity contribution >= 4 is 11.6 Å². The molecule has 0 saturated carbocycles. The highest BCUT2D eigenvalue weighted by Gasteiger charge is 2.15. The summed E-state index contributed by atoms with van der Waals surface area (Å²) in [5, 5.41) is 0.563. The molecule has 0 aliphatic carbocycles. The van der Waals surface area contributed by atoms with Gasteiger partial charge in [0, 0.05) is 20.1 Å². The average molecular weight is 288 g/mol. The largest absolute Gasteiger partial charge is 0.489 e. The number of benzene rings is 1. The maximum Gasteiger partial charge on any atom is 0.179 e. The van der Waals surface area contributed by atoms with E-state index < -0.39 is 0 Å². The first-order chi connectivity index (χ1) is 9.31. The van der Waals surface area contributed by atoms with E-state index in [2.05, 4.69) is 5.48 Å². The summed E-state index contributed by atoms with van der Waals surface area (Å²) in [6.07, 6.45) is 0.860. The highest BCUT2D eigenvalue weighted by atomic mass is 35.5. The van der Waals surface area contributed by atoms with Gasteiger partial charge in [-0.3, -0.25) is 4.84 Å². The fourth-order valence-electron chi connectivity index (χ4n) is 1.72. The van der Waals surface area contributed by atoms with Crippen LogP contribution in [0.5, 0.6) is 11.5 Å². The van der Waals surface area contributed by atoms with Crippen LogP contribution < -0.4 is 15.0 Å². The van der Waals surface area contributed by atoms with Crippen molar-refractivity contribution < 1.29 is 19.0 Å². The molecular weight excluding hydrogens is 270 g/mol. The summed E-state index contributed by atoms with van der Waals surface area (Å²) in [6.45, 7) is 2.86. The summed E-state index contributed by atoms with van der Waals surface area (Å²) in [6, 6.07) is 3.76. The fourth-order valence-corrected chi connectivity index (χ4v) is 2.01. The summed E-state index contributed by atoms with van der Waals surface area (Å²) < 4.78 is 16.1. The van der Waals surface area contributed by atoms with E-state index in [0.29, 0.717) is 49.5 Å². The molecule has 6 heteroatoms. The first-order valence-electron chi connectivity index (χ1n) is 6.23. The van der Waals surface area contributed by atoms with E-state index in [-0.39, 0.29) is 0 Å². The maximum atomic E-state index is 6.19. The van der Waals surface area contributed by atoms with Gasteiger partial charge in [0.1, 0.15) is 0 Å². The van der Waals surface area contributed by atoms with Crippen molar-refractivity contribution in [2.24, 2.45) is 0 Å². The van der Waals surface area contributed by atoms with Crippen LogP contribution in [0.1, 0.15) is 12.0 Å². The Morgan fingerprint density at radius 2 is 2.11 bits per heavy atom. The topological polar surface area (TPSA) is 49.0 Å². The van der Waals surface area contributed by atoms with Crippen LogP contribution in [0.3, 0.4) is 0 Å². The highest BCUT2D eigenvalue weighted by Crippen LogP contribution is 2.37. The standard InChI is InChI=1S/C13H18ClNO4/c1-16-5-6-19-15-9-10-7-11(14)13-12(8-10)17-3-2-4-18-13/h7-8,15H,2-6,9H2,1H3. The van der Waals surface area contributed by atoms with E-state index >= 15 is 0 Å². The van der Waals surface area contributed by atoms with E-state index in [4.69, 9.17) is 30.6 Å². The SMILES string of the molecule is COCCONCc1cc(Cl)c2c(c1)OCCCO2. The number of hydrogen-bond acceptors (Lipinski definition) is 5. The summed E-state index contributed by atoms with van der Waals surface area (Å²) in [7, 11) is 1.63. The Balaban J connectivity index is 1.94. The molecular formula is C13H18ClNO4. The van der Waals surface area contributed by atoms with Crippen LogP contribution in [0.4, 0.5) is 0 Å². The van der Waals surface area contributed by atoms with Gasteiger partial charge in [-0.05, 0) is 17.7 Å². The Bertz CT molecular complexity index is 414. The van der Waals surface area contributed by atoms with Crippen molar-refractivity contribution in [2.45, 2.75) is 13.0 Å². The summed E-state index contributed by atoms with van der Waals surface area (Å²) >= 11 is 6.19. The van der Waals surface area contributed by atoms with Gasteiger partial charge >= 0.3 is 0 Å². The second-order valence-corrected chi connectivity index (χ2v) is 4.52. The van der Waals surface area contributed by atoms with Crippen molar-refractivity contribution in [1.29, 1.82) is 0 Å². The molecule has 1 aromatic carbocycles. The van der Waals surface area contributed by atoms with Gasteiger partial charge in [-0.15, -0.1) is 0 Å². The molecule has 0 aromatic heterocycles. The Hall–Kier alpha value is -1.01. The fraction of sp³-hybridized carbons (Fsp3) is 0.538. The third-order valence-electron chi connectivity index (χ3n) is 2.63. The molecule has 0 radical (unpaired) electrons. The lowest BCUT2D eigenvalue weighted by Gasteiger charge is -2.12. The quantitative estimate of drug-likeness (QED) is 0.642. The lowest BCUT2D eigenvalue weighted by Crippen LogP contribution is -2.17. The molecule has 0 saturated heterocycles. The average Bonchev–Trinajstić information content (AvgIpc) is 2.64. The Morgan fingerprint density at radius 1 is 1.26 bits per heavy atom. The van der Waals surface area contributed by atoms with Gasteiger partial charge in [0.2, 0.25) is 0 Å². The Morgan fingerprint density at radius 3 is 2.95 bits per heavy atom. The van der Waals surface area contributed by atoms with E-state index in [1.165, 1.54) is 0 Å². The Labute approximate surface area is 117 Å². The molecule has 0 amide bonds. The first kappa shape index (κ1) is 14.4. The van der Waals surface area contributed by atoms with Crippen LogP contribution in [0.2, 0.25) is 5.02 Å². The molecule has 1 N–H and O–H groups in total. The molecule has 0 unspecified atom stereocenters. The number of nitrogens with one attached hydrogen (secondary N) is 1. The molecule has 1 aromatic rings. The zero-order valence-electron chi connectivity index (χ0n) is 10.9. The molecule has 0 atom stereocenters. The predicted octanol–water partition coefficient (Wildman–Crippen LogP) is 2.17. The van der Waals surface area contributed by atoms with Crippen LogP contribution in [0.25, 0.3) is 0 Å². The molecule has 1 heterocycles. The lowest BCUT2D eigenvalue weighted by molar-refractivity contribution is 0.00344. The molecule has 0 spiro atoms. The van der Waals surface area contributed by atoms with Crippen LogP contribution in [-0.2, 0) is 16.1 Å². The van der Waals surface area contributed by atoms with Crippen molar-refractivity contribution in [3.8, 4) is 11.5 Å². The number of ether oxygens (including phenoxy) is 3. The first-order valence-corrected chi connectivity index (χ1v) is 6.60. The van der Waals surface area contributed by atoms with E-state index in [9.17, 15) is 0 Å². The third-order valence-corrected chi connectivity index (χ3v) is 2.91. The number of hydroxylamine groups is 1. The minimum Gasteiger partial charge on any atom is -0.489 e. The van der Waals surface area contributed by atoms with E-state index in [1.54, 1.807) is 7.11 Å². The smallest absolute Gasteiger partial charge is 0.179 e.